The second-order valence-electron chi connectivity index (χ2n) is 4.22. The number of aromatic nitrogens is 2. The maximum atomic E-state index is 10.4. The first-order chi connectivity index (χ1) is 9.06. The molecule has 0 fully saturated rings. The Labute approximate surface area is 110 Å². The van der Waals surface area contributed by atoms with E-state index >= 15 is 0 Å². The van der Waals surface area contributed by atoms with Crippen LogP contribution in [0.5, 0.6) is 0 Å². The van der Waals surface area contributed by atoms with Gasteiger partial charge in [0.05, 0.1) is 35.4 Å². The van der Waals surface area contributed by atoms with E-state index in [9.17, 15) is 9.90 Å². The Kier molecular flexibility index (Phi) is 3.87. The second-order valence-corrected chi connectivity index (χ2v) is 4.22. The van der Waals surface area contributed by atoms with Crippen molar-refractivity contribution in [3.63, 3.8) is 0 Å². The van der Waals surface area contributed by atoms with Crippen molar-refractivity contribution in [2.75, 3.05) is 0 Å². The van der Waals surface area contributed by atoms with E-state index in [1.54, 1.807) is 25.3 Å². The molecule has 1 atom stereocenters. The zero-order valence-electron chi connectivity index (χ0n) is 10.4. The largest absolute Gasteiger partial charge is 0.481 e. The van der Waals surface area contributed by atoms with Gasteiger partial charge in [-0.1, -0.05) is 18.2 Å². The van der Waals surface area contributed by atoms with Crippen molar-refractivity contribution >= 4 is 23.1 Å². The van der Waals surface area contributed by atoms with E-state index in [1.165, 1.54) is 0 Å². The summed E-state index contributed by atoms with van der Waals surface area (Å²) in [5.41, 5.74) is 2.78. The van der Waals surface area contributed by atoms with E-state index in [1.807, 2.05) is 18.2 Å². The third-order valence-electron chi connectivity index (χ3n) is 2.62. The predicted molar refractivity (Wildman–Crippen MR) is 71.5 cm³/mol. The molecule has 0 amide bonds. The summed E-state index contributed by atoms with van der Waals surface area (Å²) in [6, 6.07) is 5.47. The molecule has 2 aromatic rings. The lowest BCUT2D eigenvalue weighted by atomic mass is 10.1. The number of aliphatic carboxylic acids is 1. The van der Waals surface area contributed by atoms with Gasteiger partial charge in [-0.2, -0.15) is 0 Å². The van der Waals surface area contributed by atoms with E-state index in [2.05, 4.69) is 9.97 Å². The van der Waals surface area contributed by atoms with Crippen LogP contribution in [0.4, 0.5) is 0 Å². The highest BCUT2D eigenvalue weighted by molar-refractivity contribution is 5.78. The van der Waals surface area contributed by atoms with Crippen molar-refractivity contribution in [1.82, 2.24) is 9.97 Å². The molecule has 0 bridgehead atoms. The highest BCUT2D eigenvalue weighted by atomic mass is 16.4. The van der Waals surface area contributed by atoms with Crippen molar-refractivity contribution in [3.05, 3.63) is 41.7 Å². The monoisotopic (exact) mass is 258 g/mol. The van der Waals surface area contributed by atoms with Gasteiger partial charge in [0.1, 0.15) is 0 Å². The van der Waals surface area contributed by atoms with Crippen LogP contribution in [0, 0.1) is 0 Å². The molecule has 1 heterocycles. The van der Waals surface area contributed by atoms with Gasteiger partial charge in [0.2, 0.25) is 0 Å². The quantitative estimate of drug-likeness (QED) is 0.878. The third kappa shape index (κ3) is 3.35. The third-order valence-corrected chi connectivity index (χ3v) is 2.62. The standard InChI is InChI=1S/C14H14N2O3/c1-9(17)13-8-15-11-6-5-10(7-12(11)16-13)3-2-4-14(18)19/h2-3,5-9,17H,4H2,1H3,(H,18,19)/b3-2+/t9-/m1/s1. The van der Waals surface area contributed by atoms with Crippen molar-refractivity contribution in [2.45, 2.75) is 19.4 Å². The summed E-state index contributed by atoms with van der Waals surface area (Å²) in [7, 11) is 0. The first-order valence-electron chi connectivity index (χ1n) is 5.89. The summed E-state index contributed by atoms with van der Waals surface area (Å²) in [5, 5.41) is 18.0. The van der Waals surface area contributed by atoms with E-state index < -0.39 is 12.1 Å². The van der Waals surface area contributed by atoms with Crippen LogP contribution in [-0.2, 0) is 4.79 Å². The lowest BCUT2D eigenvalue weighted by Gasteiger charge is -2.05. The van der Waals surface area contributed by atoms with Gasteiger partial charge in [-0.25, -0.2) is 4.98 Å². The Bertz CT molecular complexity index is 636. The molecule has 0 aliphatic heterocycles. The van der Waals surface area contributed by atoms with Gasteiger partial charge in [-0.15, -0.1) is 0 Å². The molecule has 0 saturated heterocycles. The zero-order chi connectivity index (χ0) is 13.8. The van der Waals surface area contributed by atoms with E-state index in [0.29, 0.717) is 11.2 Å². The molecule has 0 spiro atoms. The number of hydrogen-bond donors (Lipinski definition) is 2. The number of aliphatic hydroxyl groups is 1. The van der Waals surface area contributed by atoms with E-state index in [-0.39, 0.29) is 6.42 Å². The average molecular weight is 258 g/mol. The highest BCUT2D eigenvalue weighted by Crippen LogP contribution is 2.16. The van der Waals surface area contributed by atoms with Gasteiger partial charge in [-0.05, 0) is 24.6 Å². The van der Waals surface area contributed by atoms with Crippen LogP contribution in [0.15, 0.2) is 30.5 Å². The van der Waals surface area contributed by atoms with Crippen LogP contribution in [0.1, 0.15) is 30.7 Å². The minimum absolute atomic E-state index is 0.0164. The molecule has 1 aromatic carbocycles. The number of carboxylic acid groups (broad SMARTS) is 1. The maximum Gasteiger partial charge on any atom is 0.307 e. The number of rotatable bonds is 4. The number of benzene rings is 1. The van der Waals surface area contributed by atoms with Crippen molar-refractivity contribution in [3.8, 4) is 0 Å². The SMILES string of the molecule is C[C@@H](O)c1cnc2ccc(/C=C/CC(=O)O)cc2n1. The normalized spacial score (nSPS) is 12.9. The van der Waals surface area contributed by atoms with Gasteiger partial charge >= 0.3 is 5.97 Å². The summed E-state index contributed by atoms with van der Waals surface area (Å²) < 4.78 is 0. The first-order valence-corrected chi connectivity index (χ1v) is 5.89. The van der Waals surface area contributed by atoms with Crippen molar-refractivity contribution < 1.29 is 15.0 Å². The fourth-order valence-electron chi connectivity index (χ4n) is 1.64. The molecule has 0 aliphatic rings. The van der Waals surface area contributed by atoms with Crippen LogP contribution < -0.4 is 0 Å². The molecule has 0 unspecified atom stereocenters. The van der Waals surface area contributed by atoms with Crippen LogP contribution in [-0.4, -0.2) is 26.2 Å². The summed E-state index contributed by atoms with van der Waals surface area (Å²) in [4.78, 5) is 18.9. The molecule has 2 rings (SSSR count). The maximum absolute atomic E-state index is 10.4. The van der Waals surface area contributed by atoms with Gasteiger partial charge < -0.3 is 10.2 Å². The Morgan fingerprint density at radius 3 is 2.89 bits per heavy atom. The lowest BCUT2D eigenvalue weighted by molar-refractivity contribution is -0.135. The van der Waals surface area contributed by atoms with E-state index in [4.69, 9.17) is 5.11 Å². The van der Waals surface area contributed by atoms with Gasteiger partial charge in [0, 0.05) is 0 Å². The van der Waals surface area contributed by atoms with Crippen LogP contribution >= 0.6 is 0 Å². The molecular weight excluding hydrogens is 244 g/mol. The summed E-state index contributed by atoms with van der Waals surface area (Å²) in [6.45, 7) is 1.63. The predicted octanol–water partition coefficient (Wildman–Crippen LogP) is 2.17. The van der Waals surface area contributed by atoms with Crippen LogP contribution in [0.3, 0.4) is 0 Å². The fraction of sp³-hybridized carbons (Fsp3) is 0.214. The Morgan fingerprint density at radius 1 is 1.42 bits per heavy atom. The smallest absolute Gasteiger partial charge is 0.307 e. The molecule has 98 valence electrons. The molecule has 1 aromatic heterocycles. The van der Waals surface area contributed by atoms with E-state index in [0.717, 1.165) is 11.1 Å². The summed E-state index contributed by atoms with van der Waals surface area (Å²) in [5.74, 6) is -0.867. The number of fused-ring (bicyclic) bond motifs is 1. The Balaban J connectivity index is 2.32. The Morgan fingerprint density at radius 2 is 2.21 bits per heavy atom. The summed E-state index contributed by atoms with van der Waals surface area (Å²) in [6.07, 6.45) is 4.17. The number of hydrogen-bond acceptors (Lipinski definition) is 4. The highest BCUT2D eigenvalue weighted by Gasteiger charge is 2.05. The lowest BCUT2D eigenvalue weighted by Crippen LogP contribution is -1.97. The van der Waals surface area contributed by atoms with Gasteiger partial charge in [0.25, 0.3) is 0 Å². The molecule has 2 N–H and O–H groups in total. The average Bonchev–Trinajstić information content (AvgIpc) is 2.37. The number of carbonyl (C=O) groups is 1. The fourth-order valence-corrected chi connectivity index (χ4v) is 1.64. The van der Waals surface area contributed by atoms with Crippen molar-refractivity contribution in [2.24, 2.45) is 0 Å². The molecular formula is C14H14N2O3. The molecule has 5 heteroatoms. The number of aliphatic hydroxyl groups excluding tert-OH is 1. The molecule has 0 radical (unpaired) electrons. The zero-order valence-corrected chi connectivity index (χ0v) is 10.4. The minimum atomic E-state index is -0.867. The number of nitrogens with zero attached hydrogens (tertiary/aromatic N) is 2. The molecule has 0 aliphatic carbocycles. The molecule has 0 saturated carbocycles. The topological polar surface area (TPSA) is 83.3 Å². The molecule has 5 nitrogen and oxygen atoms in total. The van der Waals surface area contributed by atoms with Gasteiger partial charge in [0.15, 0.2) is 0 Å². The van der Waals surface area contributed by atoms with Crippen molar-refractivity contribution in [1.29, 1.82) is 0 Å². The first kappa shape index (κ1) is 13.2. The van der Waals surface area contributed by atoms with Crippen LogP contribution in [0.2, 0.25) is 0 Å². The molecule has 19 heavy (non-hydrogen) atoms. The minimum Gasteiger partial charge on any atom is -0.481 e. The summed E-state index contributed by atoms with van der Waals surface area (Å²) >= 11 is 0. The second kappa shape index (κ2) is 5.58. The number of carboxylic acids is 1. The Hall–Kier alpha value is -2.27. The van der Waals surface area contributed by atoms with Gasteiger partial charge in [-0.3, -0.25) is 9.78 Å². The van der Waals surface area contributed by atoms with Crippen LogP contribution in [0.25, 0.3) is 17.1 Å².